The van der Waals surface area contributed by atoms with Gasteiger partial charge in [-0.2, -0.15) is 5.10 Å². The minimum atomic E-state index is 0.596. The van der Waals surface area contributed by atoms with Gasteiger partial charge >= 0.3 is 0 Å². The lowest BCUT2D eigenvalue weighted by Gasteiger charge is -2.11. The monoisotopic (exact) mass is 286 g/mol. The zero-order chi connectivity index (χ0) is 13.8. The molecular formula is C15H18N4O2. The maximum atomic E-state index is 5.53. The standard InChI is InChI=1S/C15H18N4O2/c1-2-9(1)14-16-15(10-3-4-10)19(17-14)7-12-11-8-20-6-5-13(11)21-18-12/h9-10H,1-8H2. The predicted molar refractivity (Wildman–Crippen MR) is 72.9 cm³/mol. The maximum absolute atomic E-state index is 5.53. The Kier molecular flexibility index (Phi) is 2.50. The number of nitrogens with zero attached hydrogens (tertiary/aromatic N) is 4. The van der Waals surface area contributed by atoms with Crippen molar-refractivity contribution in [1.29, 1.82) is 0 Å². The van der Waals surface area contributed by atoms with Crippen LogP contribution in [0.1, 0.15) is 66.2 Å². The van der Waals surface area contributed by atoms with Crippen LogP contribution in [0, 0.1) is 0 Å². The molecule has 1 aliphatic heterocycles. The summed E-state index contributed by atoms with van der Waals surface area (Å²) < 4.78 is 13.0. The van der Waals surface area contributed by atoms with Crippen molar-refractivity contribution in [3.8, 4) is 0 Å². The molecule has 0 N–H and O–H groups in total. The minimum Gasteiger partial charge on any atom is -0.376 e. The van der Waals surface area contributed by atoms with E-state index in [2.05, 4.69) is 9.84 Å². The number of hydrogen-bond acceptors (Lipinski definition) is 5. The molecule has 5 rings (SSSR count). The van der Waals surface area contributed by atoms with E-state index >= 15 is 0 Å². The summed E-state index contributed by atoms with van der Waals surface area (Å²) in [4.78, 5) is 4.79. The SMILES string of the molecule is C1Cc2onc(Cn3nc(C4CC4)nc3C3CC3)c2CO1. The van der Waals surface area contributed by atoms with E-state index in [1.807, 2.05) is 0 Å². The quantitative estimate of drug-likeness (QED) is 0.861. The van der Waals surface area contributed by atoms with Crippen LogP contribution in [0.25, 0.3) is 0 Å². The van der Waals surface area contributed by atoms with E-state index in [1.165, 1.54) is 25.7 Å². The van der Waals surface area contributed by atoms with Crippen LogP contribution >= 0.6 is 0 Å². The molecule has 21 heavy (non-hydrogen) atoms. The normalized spacial score (nSPS) is 21.5. The Morgan fingerprint density at radius 3 is 2.81 bits per heavy atom. The molecule has 2 aromatic rings. The highest BCUT2D eigenvalue weighted by Gasteiger charge is 2.34. The van der Waals surface area contributed by atoms with E-state index in [0.29, 0.717) is 25.0 Å². The Hall–Kier alpha value is -1.69. The average molecular weight is 286 g/mol. The highest BCUT2D eigenvalue weighted by atomic mass is 16.5. The second kappa shape index (κ2) is 4.40. The number of aromatic nitrogens is 4. The molecule has 0 unspecified atom stereocenters. The summed E-state index contributed by atoms with van der Waals surface area (Å²) in [5.74, 6) is 4.35. The van der Waals surface area contributed by atoms with Gasteiger partial charge in [0.05, 0.1) is 19.8 Å². The molecule has 2 aliphatic carbocycles. The van der Waals surface area contributed by atoms with Crippen LogP contribution in [0.4, 0.5) is 0 Å². The molecule has 0 saturated heterocycles. The van der Waals surface area contributed by atoms with Gasteiger partial charge in [0.1, 0.15) is 17.3 Å². The molecule has 0 amide bonds. The fourth-order valence-electron chi connectivity index (χ4n) is 2.99. The molecule has 3 aliphatic rings. The van der Waals surface area contributed by atoms with Crippen LogP contribution in [0.2, 0.25) is 0 Å². The van der Waals surface area contributed by atoms with Gasteiger partial charge in [-0.1, -0.05) is 5.16 Å². The van der Waals surface area contributed by atoms with E-state index in [4.69, 9.17) is 19.3 Å². The first-order valence-electron chi connectivity index (χ1n) is 7.87. The molecule has 2 aromatic heterocycles. The Morgan fingerprint density at radius 2 is 2.00 bits per heavy atom. The molecule has 6 nitrogen and oxygen atoms in total. The van der Waals surface area contributed by atoms with Gasteiger partial charge in [-0.25, -0.2) is 9.67 Å². The fourth-order valence-corrected chi connectivity index (χ4v) is 2.99. The van der Waals surface area contributed by atoms with Crippen LogP contribution < -0.4 is 0 Å². The summed E-state index contributed by atoms with van der Waals surface area (Å²) in [6, 6.07) is 0. The third kappa shape index (κ3) is 2.09. The van der Waals surface area contributed by atoms with E-state index in [-0.39, 0.29) is 0 Å². The largest absolute Gasteiger partial charge is 0.376 e. The molecule has 0 bridgehead atoms. The van der Waals surface area contributed by atoms with Gasteiger partial charge in [0.15, 0.2) is 5.82 Å². The Morgan fingerprint density at radius 1 is 1.14 bits per heavy atom. The van der Waals surface area contributed by atoms with Crippen molar-refractivity contribution in [2.45, 2.75) is 57.1 Å². The zero-order valence-corrected chi connectivity index (χ0v) is 11.9. The summed E-state index contributed by atoms with van der Waals surface area (Å²) in [6.45, 7) is 2.00. The molecule has 0 aromatic carbocycles. The highest BCUT2D eigenvalue weighted by molar-refractivity contribution is 5.25. The van der Waals surface area contributed by atoms with Crippen molar-refractivity contribution < 1.29 is 9.26 Å². The van der Waals surface area contributed by atoms with Crippen LogP contribution in [0.3, 0.4) is 0 Å². The van der Waals surface area contributed by atoms with Crippen molar-refractivity contribution in [2.75, 3.05) is 6.61 Å². The van der Waals surface area contributed by atoms with Crippen LogP contribution in [0.5, 0.6) is 0 Å². The number of rotatable bonds is 4. The van der Waals surface area contributed by atoms with Gasteiger partial charge in [0.2, 0.25) is 0 Å². The minimum absolute atomic E-state index is 0.596. The van der Waals surface area contributed by atoms with E-state index < -0.39 is 0 Å². The number of hydrogen-bond donors (Lipinski definition) is 0. The van der Waals surface area contributed by atoms with Crippen molar-refractivity contribution in [3.05, 3.63) is 28.7 Å². The van der Waals surface area contributed by atoms with Crippen molar-refractivity contribution in [3.63, 3.8) is 0 Å². The fraction of sp³-hybridized carbons (Fsp3) is 0.667. The first kappa shape index (κ1) is 11.9. The second-order valence-corrected chi connectivity index (χ2v) is 6.37. The van der Waals surface area contributed by atoms with Crippen molar-refractivity contribution >= 4 is 0 Å². The van der Waals surface area contributed by atoms with Gasteiger partial charge in [-0.15, -0.1) is 0 Å². The lowest BCUT2D eigenvalue weighted by atomic mass is 10.1. The van der Waals surface area contributed by atoms with Gasteiger partial charge in [-0.3, -0.25) is 0 Å². The Labute approximate surface area is 122 Å². The lowest BCUT2D eigenvalue weighted by molar-refractivity contribution is 0.102. The van der Waals surface area contributed by atoms with Crippen LogP contribution in [-0.4, -0.2) is 26.5 Å². The first-order valence-corrected chi connectivity index (χ1v) is 7.87. The predicted octanol–water partition coefficient (Wildman–Crippen LogP) is 2.14. The van der Waals surface area contributed by atoms with Crippen LogP contribution in [-0.2, 0) is 24.3 Å². The highest BCUT2D eigenvalue weighted by Crippen LogP contribution is 2.43. The summed E-state index contributed by atoms with van der Waals surface area (Å²) in [5.41, 5.74) is 2.07. The number of ether oxygens (including phenoxy) is 1. The molecule has 2 fully saturated rings. The first-order chi connectivity index (χ1) is 10.4. The molecule has 0 radical (unpaired) electrons. The third-order valence-corrected chi connectivity index (χ3v) is 4.57. The van der Waals surface area contributed by atoms with E-state index in [9.17, 15) is 0 Å². The maximum Gasteiger partial charge on any atom is 0.154 e. The molecule has 6 heteroatoms. The molecule has 0 spiro atoms. The van der Waals surface area contributed by atoms with Crippen molar-refractivity contribution in [1.82, 2.24) is 19.9 Å². The van der Waals surface area contributed by atoms with Gasteiger partial charge in [0, 0.05) is 23.8 Å². The summed E-state index contributed by atoms with van der Waals surface area (Å²) in [7, 11) is 0. The van der Waals surface area contributed by atoms with Crippen molar-refractivity contribution in [2.24, 2.45) is 0 Å². The average Bonchev–Trinajstić information content (AvgIpc) is 3.44. The third-order valence-electron chi connectivity index (χ3n) is 4.57. The van der Waals surface area contributed by atoms with E-state index in [0.717, 1.165) is 41.7 Å². The Bertz CT molecular complexity index is 682. The molecular weight excluding hydrogens is 268 g/mol. The van der Waals surface area contributed by atoms with E-state index in [1.54, 1.807) is 0 Å². The zero-order valence-electron chi connectivity index (χ0n) is 11.9. The second-order valence-electron chi connectivity index (χ2n) is 6.37. The smallest absolute Gasteiger partial charge is 0.154 e. The topological polar surface area (TPSA) is 66.0 Å². The Balaban J connectivity index is 1.48. The molecule has 0 atom stereocenters. The molecule has 110 valence electrons. The lowest BCUT2D eigenvalue weighted by Crippen LogP contribution is -2.12. The van der Waals surface area contributed by atoms with Gasteiger partial charge in [-0.05, 0) is 25.7 Å². The molecule has 3 heterocycles. The summed E-state index contributed by atoms with van der Waals surface area (Å²) in [5, 5.41) is 8.98. The number of fused-ring (bicyclic) bond motifs is 1. The van der Waals surface area contributed by atoms with Crippen LogP contribution in [0.15, 0.2) is 4.52 Å². The summed E-state index contributed by atoms with van der Waals surface area (Å²) >= 11 is 0. The molecule has 2 saturated carbocycles. The summed E-state index contributed by atoms with van der Waals surface area (Å²) in [6.07, 6.45) is 5.77. The van der Waals surface area contributed by atoms with Gasteiger partial charge in [0.25, 0.3) is 0 Å². The van der Waals surface area contributed by atoms with Gasteiger partial charge < -0.3 is 9.26 Å².